The Balaban J connectivity index is 1.04. The first-order valence-corrected chi connectivity index (χ1v) is 19.4. The molecule has 270 valence electrons. The van der Waals surface area contributed by atoms with Crippen molar-refractivity contribution in [1.82, 2.24) is 0 Å². The highest BCUT2D eigenvalue weighted by atomic mass is 16.5. The quantitative estimate of drug-likeness (QED) is 0.172. The van der Waals surface area contributed by atoms with E-state index < -0.39 is 0 Å². The van der Waals surface area contributed by atoms with E-state index in [2.05, 4.69) is 161 Å². The highest BCUT2D eigenvalue weighted by Crippen LogP contribution is 2.51. The molecule has 2 nitrogen and oxygen atoms in total. The van der Waals surface area contributed by atoms with Gasteiger partial charge in [-0.3, -0.25) is 0 Å². The van der Waals surface area contributed by atoms with E-state index in [0.717, 1.165) is 11.5 Å². The van der Waals surface area contributed by atoms with E-state index in [1.54, 1.807) is 14.2 Å². The zero-order chi connectivity index (χ0) is 37.3. The maximum absolute atomic E-state index is 5.37. The van der Waals surface area contributed by atoms with Crippen molar-refractivity contribution in [3.63, 3.8) is 0 Å². The Bertz CT molecular complexity index is 2100. The lowest BCUT2D eigenvalue weighted by Crippen LogP contribution is -2.27. The smallest absolute Gasteiger partial charge is 0.118 e. The van der Waals surface area contributed by atoms with Crippen LogP contribution < -0.4 is 9.47 Å². The molecule has 6 atom stereocenters. The van der Waals surface area contributed by atoms with Crippen LogP contribution in [0.5, 0.6) is 11.5 Å². The molecule has 0 saturated heterocycles. The predicted octanol–water partition coefficient (Wildman–Crippen LogP) is 13.2. The molecule has 2 heteroatoms. The van der Waals surface area contributed by atoms with E-state index >= 15 is 0 Å². The summed E-state index contributed by atoms with van der Waals surface area (Å²) in [6.45, 7) is 9.70. The summed E-state index contributed by atoms with van der Waals surface area (Å²) in [5, 5.41) is 0. The van der Waals surface area contributed by atoms with Gasteiger partial charge in [-0.1, -0.05) is 159 Å². The number of hydrogen-bond acceptors (Lipinski definition) is 2. The fourth-order valence-electron chi connectivity index (χ4n) is 9.42. The first kappa shape index (κ1) is 35.4. The number of rotatable bonds is 9. The average molecular weight is 707 g/mol. The van der Waals surface area contributed by atoms with Gasteiger partial charge in [-0.2, -0.15) is 0 Å². The summed E-state index contributed by atoms with van der Waals surface area (Å²) in [7, 11) is 3.42. The number of ether oxygens (including phenoxy) is 2. The molecule has 0 spiro atoms. The summed E-state index contributed by atoms with van der Waals surface area (Å²) in [4.78, 5) is 0. The first-order valence-electron chi connectivity index (χ1n) is 19.4. The highest BCUT2D eigenvalue weighted by Gasteiger charge is 2.40. The molecule has 0 bridgehead atoms. The third-order valence-corrected chi connectivity index (χ3v) is 12.4. The van der Waals surface area contributed by atoms with Crippen molar-refractivity contribution in [3.8, 4) is 33.8 Å². The second kappa shape index (κ2) is 15.0. The minimum atomic E-state index is 0.220. The van der Waals surface area contributed by atoms with Crippen LogP contribution in [0.2, 0.25) is 0 Å². The average Bonchev–Trinajstić information content (AvgIpc) is 3.52. The standard InChI is InChI=1S/C52H50O2/c1-33-31-49-45(41-19-15-37(16-20-41)39-23-27-43(53-5)28-24-39)11-7-9-13-47(49)51(33)35(3)36(4)52-34(2)32-50-46(12-8-10-14-48(50)52)42-21-17-38(18-22-42)40-25-29-44(54-6)30-26-40/h7-32,35-36,45-46,51-52H,1-6H3. The molecule has 0 amide bonds. The third kappa shape index (κ3) is 6.60. The molecule has 0 aromatic heterocycles. The van der Waals surface area contributed by atoms with Crippen LogP contribution in [0.3, 0.4) is 0 Å². The van der Waals surface area contributed by atoms with Gasteiger partial charge in [0.05, 0.1) is 14.2 Å². The minimum Gasteiger partial charge on any atom is -0.497 e. The molecule has 4 aliphatic rings. The Morgan fingerprint density at radius 2 is 0.759 bits per heavy atom. The molecular weight excluding hydrogens is 657 g/mol. The van der Waals surface area contributed by atoms with E-state index in [9.17, 15) is 0 Å². The van der Waals surface area contributed by atoms with Gasteiger partial charge in [0.15, 0.2) is 0 Å². The van der Waals surface area contributed by atoms with E-state index in [1.807, 2.05) is 24.3 Å². The summed E-state index contributed by atoms with van der Waals surface area (Å²) < 4.78 is 10.7. The fraction of sp³-hybridized carbons (Fsp3) is 0.231. The van der Waals surface area contributed by atoms with Crippen LogP contribution in [0.1, 0.15) is 50.7 Å². The summed E-state index contributed by atoms with van der Waals surface area (Å²) in [6, 6.07) is 34.9. The molecule has 8 rings (SSSR count). The van der Waals surface area contributed by atoms with Crippen LogP contribution >= 0.6 is 0 Å². The maximum Gasteiger partial charge on any atom is 0.118 e. The molecule has 0 radical (unpaired) electrons. The number of allylic oxidation sites excluding steroid dienone is 16. The van der Waals surface area contributed by atoms with E-state index in [-0.39, 0.29) is 11.8 Å². The van der Waals surface area contributed by atoms with Crippen molar-refractivity contribution in [2.45, 2.75) is 39.5 Å². The van der Waals surface area contributed by atoms with Gasteiger partial charge in [-0.25, -0.2) is 0 Å². The number of benzene rings is 4. The summed E-state index contributed by atoms with van der Waals surface area (Å²) in [5.74, 6) is 3.84. The van der Waals surface area contributed by atoms with Gasteiger partial charge >= 0.3 is 0 Å². The molecule has 0 saturated carbocycles. The summed E-state index contributed by atoms with van der Waals surface area (Å²) >= 11 is 0. The van der Waals surface area contributed by atoms with Gasteiger partial charge in [0.2, 0.25) is 0 Å². The normalized spacial score (nSPS) is 22.6. The Kier molecular flexibility index (Phi) is 9.86. The second-order valence-corrected chi connectivity index (χ2v) is 15.4. The molecule has 54 heavy (non-hydrogen) atoms. The Morgan fingerprint density at radius 3 is 1.09 bits per heavy atom. The van der Waals surface area contributed by atoms with Gasteiger partial charge in [0, 0.05) is 23.7 Å². The molecule has 0 heterocycles. The van der Waals surface area contributed by atoms with Crippen LogP contribution in [0.4, 0.5) is 0 Å². The van der Waals surface area contributed by atoms with Crippen LogP contribution in [0.25, 0.3) is 22.3 Å². The predicted molar refractivity (Wildman–Crippen MR) is 226 cm³/mol. The molecule has 6 unspecified atom stereocenters. The van der Waals surface area contributed by atoms with Gasteiger partial charge in [-0.15, -0.1) is 0 Å². The van der Waals surface area contributed by atoms with E-state index in [0.29, 0.717) is 23.7 Å². The second-order valence-electron chi connectivity index (χ2n) is 15.4. The van der Waals surface area contributed by atoms with Gasteiger partial charge in [0.25, 0.3) is 0 Å². The van der Waals surface area contributed by atoms with Crippen LogP contribution in [-0.4, -0.2) is 14.2 Å². The molecule has 0 N–H and O–H groups in total. The first-order chi connectivity index (χ1) is 26.3. The van der Waals surface area contributed by atoms with Crippen LogP contribution in [0, 0.1) is 23.7 Å². The van der Waals surface area contributed by atoms with Gasteiger partial charge in [-0.05, 0) is 106 Å². The zero-order valence-corrected chi connectivity index (χ0v) is 32.3. The Hall–Kier alpha value is -5.60. The topological polar surface area (TPSA) is 18.5 Å². The van der Waals surface area contributed by atoms with Crippen molar-refractivity contribution >= 4 is 0 Å². The SMILES string of the molecule is COc1ccc(-c2ccc(C3C=CC=CC4=C3C=C(C)C4C(C)C(C)C3C(C)=CC4=C3C=CC=CC4c3ccc(-c4ccc(OC)cc4)cc3)cc2)cc1. The van der Waals surface area contributed by atoms with Gasteiger partial charge in [0.1, 0.15) is 11.5 Å². The lowest BCUT2D eigenvalue weighted by atomic mass is 9.69. The number of methoxy groups -OCH3 is 2. The van der Waals surface area contributed by atoms with Crippen molar-refractivity contribution in [2.75, 3.05) is 14.2 Å². The maximum atomic E-state index is 5.37. The lowest BCUT2D eigenvalue weighted by Gasteiger charge is -2.34. The van der Waals surface area contributed by atoms with Gasteiger partial charge < -0.3 is 9.47 Å². The van der Waals surface area contributed by atoms with Crippen molar-refractivity contribution in [1.29, 1.82) is 0 Å². The Labute approximate surface area is 322 Å². The Morgan fingerprint density at radius 1 is 0.426 bits per heavy atom. The fourth-order valence-corrected chi connectivity index (χ4v) is 9.42. The zero-order valence-electron chi connectivity index (χ0n) is 32.3. The van der Waals surface area contributed by atoms with Crippen molar-refractivity contribution < 1.29 is 9.47 Å². The molecule has 0 aliphatic heterocycles. The lowest BCUT2D eigenvalue weighted by molar-refractivity contribution is 0.280. The van der Waals surface area contributed by atoms with E-state index in [4.69, 9.17) is 9.47 Å². The van der Waals surface area contributed by atoms with E-state index in [1.165, 1.54) is 66.8 Å². The van der Waals surface area contributed by atoms with Crippen LogP contribution in [0.15, 0.2) is 191 Å². The molecular formula is C52H50O2. The summed E-state index contributed by atoms with van der Waals surface area (Å²) in [5.41, 5.74) is 16.3. The van der Waals surface area contributed by atoms with Crippen molar-refractivity contribution in [3.05, 3.63) is 202 Å². The van der Waals surface area contributed by atoms with Crippen LogP contribution in [-0.2, 0) is 0 Å². The highest BCUT2D eigenvalue weighted by molar-refractivity contribution is 5.67. The minimum absolute atomic E-state index is 0.220. The molecule has 0 fully saturated rings. The molecule has 4 aromatic rings. The monoisotopic (exact) mass is 706 g/mol. The molecule has 4 aliphatic carbocycles. The largest absolute Gasteiger partial charge is 0.497 e. The summed E-state index contributed by atoms with van der Waals surface area (Å²) in [6.07, 6.45) is 23.5. The van der Waals surface area contributed by atoms with Crippen molar-refractivity contribution in [2.24, 2.45) is 23.7 Å². The molecule has 4 aromatic carbocycles. The third-order valence-electron chi connectivity index (χ3n) is 12.4. The number of hydrogen-bond donors (Lipinski definition) is 0.